The van der Waals surface area contributed by atoms with Gasteiger partial charge < -0.3 is 5.11 Å². The summed E-state index contributed by atoms with van der Waals surface area (Å²) in [5.74, 6) is -0.155. The Morgan fingerprint density at radius 1 is 1.50 bits per heavy atom. The molecule has 0 saturated carbocycles. The minimum Gasteiger partial charge on any atom is -0.385 e. The second-order valence-corrected chi connectivity index (χ2v) is 3.80. The lowest BCUT2D eigenvalue weighted by Gasteiger charge is -1.95. The van der Waals surface area contributed by atoms with E-state index >= 15 is 0 Å². The molecule has 12 heavy (non-hydrogen) atoms. The van der Waals surface area contributed by atoms with Gasteiger partial charge in [-0.15, -0.1) is 0 Å². The average molecular weight is 227 g/mol. The van der Waals surface area contributed by atoms with Gasteiger partial charge in [0.05, 0.1) is 0 Å². The second kappa shape index (κ2) is 2.68. The molecule has 0 bridgehead atoms. The SMILES string of the molecule is O=C1c2ccc(Br)cc2CC1O. The van der Waals surface area contributed by atoms with Crippen LogP contribution in [0.5, 0.6) is 0 Å². The zero-order valence-corrected chi connectivity index (χ0v) is 7.84. The predicted octanol–water partition coefficient (Wildman–Crippen LogP) is 1.55. The van der Waals surface area contributed by atoms with Crippen LogP contribution in [0.2, 0.25) is 0 Å². The van der Waals surface area contributed by atoms with E-state index in [9.17, 15) is 9.90 Å². The van der Waals surface area contributed by atoms with E-state index in [1.807, 2.05) is 12.1 Å². The fourth-order valence-electron chi connectivity index (χ4n) is 1.45. The molecular weight excluding hydrogens is 220 g/mol. The first kappa shape index (κ1) is 7.95. The Balaban J connectivity index is 2.54. The monoisotopic (exact) mass is 226 g/mol. The number of halogens is 1. The van der Waals surface area contributed by atoms with Crippen LogP contribution in [0.25, 0.3) is 0 Å². The van der Waals surface area contributed by atoms with Crippen LogP contribution < -0.4 is 0 Å². The van der Waals surface area contributed by atoms with Crippen molar-refractivity contribution in [2.45, 2.75) is 12.5 Å². The number of rotatable bonds is 0. The Hall–Kier alpha value is -0.670. The van der Waals surface area contributed by atoms with Crippen LogP contribution in [0.4, 0.5) is 0 Å². The molecule has 1 aromatic rings. The van der Waals surface area contributed by atoms with E-state index in [2.05, 4.69) is 15.9 Å². The number of hydrogen-bond acceptors (Lipinski definition) is 2. The molecule has 1 aliphatic rings. The minimum atomic E-state index is -0.825. The minimum absolute atomic E-state index is 0.155. The summed E-state index contributed by atoms with van der Waals surface area (Å²) < 4.78 is 0.947. The second-order valence-electron chi connectivity index (χ2n) is 2.89. The van der Waals surface area contributed by atoms with Crippen molar-refractivity contribution in [3.8, 4) is 0 Å². The van der Waals surface area contributed by atoms with E-state index in [0.717, 1.165) is 10.0 Å². The Morgan fingerprint density at radius 2 is 2.25 bits per heavy atom. The maximum atomic E-state index is 11.2. The molecule has 1 aromatic carbocycles. The molecule has 3 heteroatoms. The number of hydrogen-bond donors (Lipinski definition) is 1. The van der Waals surface area contributed by atoms with Crippen molar-refractivity contribution in [3.63, 3.8) is 0 Å². The van der Waals surface area contributed by atoms with Gasteiger partial charge in [0.25, 0.3) is 0 Å². The lowest BCUT2D eigenvalue weighted by molar-refractivity contribution is 0.0780. The Morgan fingerprint density at radius 3 is 3.00 bits per heavy atom. The predicted molar refractivity (Wildman–Crippen MR) is 48.2 cm³/mol. The summed E-state index contributed by atoms with van der Waals surface area (Å²) in [7, 11) is 0. The van der Waals surface area contributed by atoms with Gasteiger partial charge in [-0.05, 0) is 23.8 Å². The molecule has 0 spiro atoms. The van der Waals surface area contributed by atoms with Crippen LogP contribution in [0.1, 0.15) is 15.9 Å². The van der Waals surface area contributed by atoms with E-state index < -0.39 is 6.10 Å². The quantitative estimate of drug-likeness (QED) is 0.730. The smallest absolute Gasteiger partial charge is 0.191 e. The van der Waals surface area contributed by atoms with Crippen molar-refractivity contribution in [3.05, 3.63) is 33.8 Å². The molecule has 1 N–H and O–H groups in total. The summed E-state index contributed by atoms with van der Waals surface area (Å²) >= 11 is 3.31. The van der Waals surface area contributed by atoms with E-state index in [1.165, 1.54) is 0 Å². The zero-order chi connectivity index (χ0) is 8.72. The third-order valence-electron chi connectivity index (χ3n) is 2.05. The van der Waals surface area contributed by atoms with Gasteiger partial charge in [-0.3, -0.25) is 4.79 Å². The molecule has 0 heterocycles. The number of carbonyl (C=O) groups excluding carboxylic acids is 1. The summed E-state index contributed by atoms with van der Waals surface area (Å²) in [4.78, 5) is 11.2. The van der Waals surface area contributed by atoms with Gasteiger partial charge in [0.1, 0.15) is 6.10 Å². The number of carbonyl (C=O) groups is 1. The first-order valence-corrected chi connectivity index (χ1v) is 4.48. The summed E-state index contributed by atoms with van der Waals surface area (Å²) in [5, 5.41) is 9.25. The molecular formula is C9H7BrO2. The molecule has 0 fully saturated rings. The molecule has 2 rings (SSSR count). The van der Waals surface area contributed by atoms with Crippen molar-refractivity contribution in [2.75, 3.05) is 0 Å². The highest BCUT2D eigenvalue weighted by molar-refractivity contribution is 9.10. The van der Waals surface area contributed by atoms with Gasteiger partial charge >= 0.3 is 0 Å². The number of aliphatic hydroxyl groups is 1. The van der Waals surface area contributed by atoms with Gasteiger partial charge in [-0.2, -0.15) is 0 Å². The molecule has 62 valence electrons. The molecule has 0 aromatic heterocycles. The maximum absolute atomic E-state index is 11.2. The molecule has 0 saturated heterocycles. The highest BCUT2D eigenvalue weighted by Crippen LogP contribution is 2.25. The van der Waals surface area contributed by atoms with Gasteiger partial charge in [-0.1, -0.05) is 15.9 Å². The first-order valence-electron chi connectivity index (χ1n) is 3.69. The number of ketones is 1. The van der Waals surface area contributed by atoms with Gasteiger partial charge in [0, 0.05) is 16.5 Å². The van der Waals surface area contributed by atoms with Gasteiger partial charge in [-0.25, -0.2) is 0 Å². The fourth-order valence-corrected chi connectivity index (χ4v) is 1.86. The summed E-state index contributed by atoms with van der Waals surface area (Å²) in [6, 6.07) is 5.44. The Bertz CT molecular complexity index is 346. The van der Waals surface area contributed by atoms with Crippen molar-refractivity contribution >= 4 is 21.7 Å². The molecule has 1 atom stereocenters. The van der Waals surface area contributed by atoms with Crippen LogP contribution in [0.3, 0.4) is 0 Å². The van der Waals surface area contributed by atoms with Crippen LogP contribution in [0.15, 0.2) is 22.7 Å². The summed E-state index contributed by atoms with van der Waals surface area (Å²) in [5.41, 5.74) is 1.59. The van der Waals surface area contributed by atoms with Crippen LogP contribution >= 0.6 is 15.9 Å². The molecule has 0 radical (unpaired) electrons. The first-order chi connectivity index (χ1) is 5.68. The molecule has 2 nitrogen and oxygen atoms in total. The molecule has 1 aliphatic carbocycles. The van der Waals surface area contributed by atoms with E-state index in [1.54, 1.807) is 6.07 Å². The molecule has 1 unspecified atom stereocenters. The third-order valence-corrected chi connectivity index (χ3v) is 2.54. The number of fused-ring (bicyclic) bond motifs is 1. The molecule has 0 aliphatic heterocycles. The van der Waals surface area contributed by atoms with Crippen molar-refractivity contribution in [1.82, 2.24) is 0 Å². The standard InChI is InChI=1S/C9H7BrO2/c10-6-1-2-7-5(3-6)4-8(11)9(7)12/h1-3,8,11H,4H2. The maximum Gasteiger partial charge on any atom is 0.191 e. The van der Waals surface area contributed by atoms with Gasteiger partial charge in [0.2, 0.25) is 0 Å². The number of aliphatic hydroxyl groups excluding tert-OH is 1. The highest BCUT2D eigenvalue weighted by atomic mass is 79.9. The average Bonchev–Trinajstić information content (AvgIpc) is 2.28. The highest BCUT2D eigenvalue weighted by Gasteiger charge is 2.28. The Labute approximate surface area is 78.3 Å². The zero-order valence-electron chi connectivity index (χ0n) is 6.25. The summed E-state index contributed by atoms with van der Waals surface area (Å²) in [6.45, 7) is 0. The van der Waals surface area contributed by atoms with Crippen LogP contribution in [-0.2, 0) is 6.42 Å². The van der Waals surface area contributed by atoms with Gasteiger partial charge in [0.15, 0.2) is 5.78 Å². The number of benzene rings is 1. The fraction of sp³-hybridized carbons (Fsp3) is 0.222. The normalized spacial score (nSPS) is 21.2. The van der Waals surface area contributed by atoms with Crippen LogP contribution in [0, 0.1) is 0 Å². The Kier molecular flexibility index (Phi) is 1.77. The van der Waals surface area contributed by atoms with Crippen molar-refractivity contribution in [2.24, 2.45) is 0 Å². The lowest BCUT2D eigenvalue weighted by atomic mass is 10.1. The number of Topliss-reactive ketones (excluding diaryl/α,β-unsaturated/α-hetero) is 1. The van der Waals surface area contributed by atoms with Crippen LogP contribution in [-0.4, -0.2) is 17.0 Å². The topological polar surface area (TPSA) is 37.3 Å². The summed E-state index contributed by atoms with van der Waals surface area (Å²) in [6.07, 6.45) is -0.373. The van der Waals surface area contributed by atoms with Crippen molar-refractivity contribution < 1.29 is 9.90 Å². The van der Waals surface area contributed by atoms with Crippen molar-refractivity contribution in [1.29, 1.82) is 0 Å². The lowest BCUT2D eigenvalue weighted by Crippen LogP contribution is -2.13. The largest absolute Gasteiger partial charge is 0.385 e. The molecule has 0 amide bonds. The van der Waals surface area contributed by atoms with E-state index in [-0.39, 0.29) is 5.78 Å². The van der Waals surface area contributed by atoms with E-state index in [4.69, 9.17) is 0 Å². The third kappa shape index (κ3) is 1.09. The van der Waals surface area contributed by atoms with E-state index in [0.29, 0.717) is 12.0 Å².